The molecule has 6 heteroatoms. The quantitative estimate of drug-likeness (QED) is 0.359. The van der Waals surface area contributed by atoms with E-state index in [2.05, 4.69) is 15.0 Å². The van der Waals surface area contributed by atoms with Crippen LogP contribution in [0.25, 0.3) is 0 Å². The van der Waals surface area contributed by atoms with Crippen molar-refractivity contribution < 1.29 is 9.94 Å². The Labute approximate surface area is 112 Å². The molecule has 0 aromatic carbocycles. The van der Waals surface area contributed by atoms with Crippen molar-refractivity contribution in [1.29, 1.82) is 0 Å². The minimum absolute atomic E-state index is 0.0374. The van der Waals surface area contributed by atoms with Gasteiger partial charge >= 0.3 is 0 Å². The highest BCUT2D eigenvalue weighted by Gasteiger charge is 2.11. The number of aromatic nitrogens is 1. The molecule has 0 radical (unpaired) electrons. The largest absolute Gasteiger partial charge is 0.490 e. The van der Waals surface area contributed by atoms with E-state index < -0.39 is 0 Å². The van der Waals surface area contributed by atoms with Crippen LogP contribution in [0.5, 0.6) is 5.75 Å². The number of nitrogens with two attached hydrogens (primary N) is 1. The molecule has 1 fully saturated rings. The fraction of sp³-hybridized carbons (Fsp3) is 0.538. The van der Waals surface area contributed by atoms with Crippen molar-refractivity contribution in [3.8, 4) is 5.75 Å². The van der Waals surface area contributed by atoms with Crippen LogP contribution in [0.15, 0.2) is 23.6 Å². The standard InChI is InChI=1S/C13H20N4O2/c14-13(16-18)11-4-5-15-10-12(11)19-9-8-17-6-2-1-3-7-17/h4-5,10,18H,1-3,6-9H2,(H2,14,16). The lowest BCUT2D eigenvalue weighted by Crippen LogP contribution is -2.33. The summed E-state index contributed by atoms with van der Waals surface area (Å²) in [7, 11) is 0. The Kier molecular flexibility index (Phi) is 4.97. The topological polar surface area (TPSA) is 84.0 Å². The first-order chi connectivity index (χ1) is 9.31. The van der Waals surface area contributed by atoms with Gasteiger partial charge in [-0.2, -0.15) is 0 Å². The summed E-state index contributed by atoms with van der Waals surface area (Å²) in [4.78, 5) is 6.39. The van der Waals surface area contributed by atoms with Crippen LogP contribution in [-0.2, 0) is 0 Å². The average Bonchev–Trinajstić information content (AvgIpc) is 2.48. The molecule has 1 aliphatic rings. The number of amidine groups is 1. The molecule has 0 amide bonds. The summed E-state index contributed by atoms with van der Waals surface area (Å²) in [5.41, 5.74) is 6.16. The molecule has 1 saturated heterocycles. The maximum Gasteiger partial charge on any atom is 0.173 e. The van der Waals surface area contributed by atoms with Crippen LogP contribution < -0.4 is 10.5 Å². The van der Waals surface area contributed by atoms with Crippen LogP contribution in [0, 0.1) is 0 Å². The van der Waals surface area contributed by atoms with Crippen LogP contribution in [-0.4, -0.2) is 47.2 Å². The first kappa shape index (κ1) is 13.6. The van der Waals surface area contributed by atoms with E-state index in [1.807, 2.05) is 0 Å². The highest BCUT2D eigenvalue weighted by molar-refractivity contribution is 5.99. The Morgan fingerprint density at radius 1 is 1.42 bits per heavy atom. The second kappa shape index (κ2) is 6.94. The van der Waals surface area contributed by atoms with Gasteiger partial charge in [0, 0.05) is 12.7 Å². The number of oxime groups is 1. The number of piperidine rings is 1. The highest BCUT2D eigenvalue weighted by Crippen LogP contribution is 2.16. The number of nitrogens with zero attached hydrogens (tertiary/aromatic N) is 3. The van der Waals surface area contributed by atoms with E-state index in [4.69, 9.17) is 15.7 Å². The Morgan fingerprint density at radius 3 is 2.95 bits per heavy atom. The van der Waals surface area contributed by atoms with Gasteiger partial charge in [-0.25, -0.2) is 0 Å². The molecule has 6 nitrogen and oxygen atoms in total. The first-order valence-corrected chi connectivity index (χ1v) is 6.58. The zero-order chi connectivity index (χ0) is 13.5. The highest BCUT2D eigenvalue weighted by atomic mass is 16.5. The fourth-order valence-electron chi connectivity index (χ4n) is 2.23. The third-order valence-electron chi connectivity index (χ3n) is 3.28. The first-order valence-electron chi connectivity index (χ1n) is 6.58. The molecule has 2 rings (SSSR count). The van der Waals surface area contributed by atoms with Crippen LogP contribution in [0.4, 0.5) is 0 Å². The van der Waals surface area contributed by atoms with Crippen LogP contribution >= 0.6 is 0 Å². The van der Waals surface area contributed by atoms with E-state index in [1.54, 1.807) is 18.5 Å². The minimum Gasteiger partial charge on any atom is -0.490 e. The predicted molar refractivity (Wildman–Crippen MR) is 72.5 cm³/mol. The lowest BCUT2D eigenvalue weighted by atomic mass is 10.1. The molecule has 104 valence electrons. The number of hydrogen-bond acceptors (Lipinski definition) is 5. The van der Waals surface area contributed by atoms with Crippen molar-refractivity contribution in [3.63, 3.8) is 0 Å². The van der Waals surface area contributed by atoms with Crippen molar-refractivity contribution >= 4 is 5.84 Å². The Hall–Kier alpha value is -1.82. The number of hydrogen-bond donors (Lipinski definition) is 2. The zero-order valence-corrected chi connectivity index (χ0v) is 11.0. The average molecular weight is 264 g/mol. The van der Waals surface area contributed by atoms with Crippen molar-refractivity contribution in [2.45, 2.75) is 19.3 Å². The van der Waals surface area contributed by atoms with E-state index in [1.165, 1.54) is 19.3 Å². The molecule has 1 aliphatic heterocycles. The molecule has 3 N–H and O–H groups in total. The second-order valence-corrected chi connectivity index (χ2v) is 4.61. The van der Waals surface area contributed by atoms with E-state index in [0.717, 1.165) is 19.6 Å². The van der Waals surface area contributed by atoms with Gasteiger partial charge in [-0.3, -0.25) is 9.88 Å². The van der Waals surface area contributed by atoms with Gasteiger partial charge in [-0.15, -0.1) is 0 Å². The van der Waals surface area contributed by atoms with Gasteiger partial charge in [0.25, 0.3) is 0 Å². The van der Waals surface area contributed by atoms with E-state index in [0.29, 0.717) is 17.9 Å². The second-order valence-electron chi connectivity index (χ2n) is 4.61. The zero-order valence-electron chi connectivity index (χ0n) is 11.0. The molecule has 19 heavy (non-hydrogen) atoms. The Balaban J connectivity index is 1.88. The third-order valence-corrected chi connectivity index (χ3v) is 3.28. The van der Waals surface area contributed by atoms with Gasteiger partial charge in [-0.05, 0) is 32.0 Å². The monoisotopic (exact) mass is 264 g/mol. The van der Waals surface area contributed by atoms with E-state index in [-0.39, 0.29) is 5.84 Å². The molecular formula is C13H20N4O2. The van der Waals surface area contributed by atoms with Crippen molar-refractivity contribution in [2.75, 3.05) is 26.2 Å². The molecule has 2 heterocycles. The van der Waals surface area contributed by atoms with Gasteiger partial charge in [-0.1, -0.05) is 11.6 Å². The van der Waals surface area contributed by atoms with Crippen molar-refractivity contribution in [1.82, 2.24) is 9.88 Å². The lowest BCUT2D eigenvalue weighted by Gasteiger charge is -2.26. The van der Waals surface area contributed by atoms with Crippen LogP contribution in [0.3, 0.4) is 0 Å². The Bertz CT molecular complexity index is 430. The summed E-state index contributed by atoms with van der Waals surface area (Å²) < 4.78 is 5.69. The van der Waals surface area contributed by atoms with Gasteiger partial charge in [0.05, 0.1) is 11.8 Å². The van der Waals surface area contributed by atoms with Crippen molar-refractivity contribution in [2.24, 2.45) is 10.9 Å². The molecule has 0 saturated carbocycles. The number of ether oxygens (including phenoxy) is 1. The Morgan fingerprint density at radius 2 is 2.21 bits per heavy atom. The van der Waals surface area contributed by atoms with Gasteiger partial charge < -0.3 is 15.7 Å². The summed E-state index contributed by atoms with van der Waals surface area (Å²) in [5.74, 6) is 0.588. The number of rotatable bonds is 5. The molecular weight excluding hydrogens is 244 g/mol. The molecule has 1 aromatic rings. The molecule has 0 unspecified atom stereocenters. The summed E-state index contributed by atoms with van der Waals surface area (Å²) in [6.45, 7) is 3.76. The fourth-order valence-corrected chi connectivity index (χ4v) is 2.23. The third kappa shape index (κ3) is 3.82. The molecule has 1 aromatic heterocycles. The number of pyridine rings is 1. The molecule has 0 aliphatic carbocycles. The molecule has 0 bridgehead atoms. The van der Waals surface area contributed by atoms with Crippen LogP contribution in [0.2, 0.25) is 0 Å². The van der Waals surface area contributed by atoms with Gasteiger partial charge in [0.15, 0.2) is 5.84 Å². The summed E-state index contributed by atoms with van der Waals surface area (Å²) in [5, 5.41) is 11.7. The summed E-state index contributed by atoms with van der Waals surface area (Å²) in [6, 6.07) is 1.67. The number of likely N-dealkylation sites (tertiary alicyclic amines) is 1. The lowest BCUT2D eigenvalue weighted by molar-refractivity contribution is 0.183. The minimum atomic E-state index is 0.0374. The van der Waals surface area contributed by atoms with Crippen molar-refractivity contribution in [3.05, 3.63) is 24.0 Å². The van der Waals surface area contributed by atoms with Crippen LogP contribution in [0.1, 0.15) is 24.8 Å². The van der Waals surface area contributed by atoms with E-state index in [9.17, 15) is 0 Å². The smallest absolute Gasteiger partial charge is 0.173 e. The van der Waals surface area contributed by atoms with Gasteiger partial charge in [0.2, 0.25) is 0 Å². The summed E-state index contributed by atoms with van der Waals surface area (Å²) in [6.07, 6.45) is 7.03. The maximum atomic E-state index is 8.72. The normalized spacial score (nSPS) is 17.4. The van der Waals surface area contributed by atoms with Gasteiger partial charge in [0.1, 0.15) is 12.4 Å². The summed E-state index contributed by atoms with van der Waals surface area (Å²) >= 11 is 0. The molecule has 0 spiro atoms. The SMILES string of the molecule is N/C(=N/O)c1ccncc1OCCN1CCCCC1. The molecule has 0 atom stereocenters. The predicted octanol–water partition coefficient (Wildman–Crippen LogP) is 1.04. The maximum absolute atomic E-state index is 8.72. The van der Waals surface area contributed by atoms with E-state index >= 15 is 0 Å².